The molecule has 0 spiro atoms. The van der Waals surface area contributed by atoms with Crippen molar-refractivity contribution in [3.63, 3.8) is 0 Å². The monoisotopic (exact) mass is 227 g/mol. The van der Waals surface area contributed by atoms with E-state index in [1.807, 2.05) is 12.3 Å². The van der Waals surface area contributed by atoms with E-state index in [1.165, 1.54) is 0 Å². The summed E-state index contributed by atoms with van der Waals surface area (Å²) < 4.78 is 1.72. The quantitative estimate of drug-likeness (QED) is 0.519. The molecule has 5 heteroatoms. The van der Waals surface area contributed by atoms with Crippen molar-refractivity contribution >= 4 is 0 Å². The lowest BCUT2D eigenvalue weighted by Gasteiger charge is -2.11. The normalized spacial score (nSPS) is 12.9. The molecule has 1 rings (SSSR count). The summed E-state index contributed by atoms with van der Waals surface area (Å²) in [6, 6.07) is 1.84. The van der Waals surface area contributed by atoms with Gasteiger partial charge in [-0.2, -0.15) is 5.10 Å². The maximum atomic E-state index is 9.66. The van der Waals surface area contributed by atoms with Crippen molar-refractivity contribution in [1.29, 1.82) is 0 Å². The zero-order valence-electron chi connectivity index (χ0n) is 9.55. The van der Waals surface area contributed by atoms with Gasteiger partial charge in [0.1, 0.15) is 0 Å². The zero-order valence-corrected chi connectivity index (χ0v) is 9.55. The van der Waals surface area contributed by atoms with Crippen molar-refractivity contribution in [3.05, 3.63) is 18.5 Å². The predicted octanol–water partition coefficient (Wildman–Crippen LogP) is -0.00380. The molecule has 16 heavy (non-hydrogen) atoms. The number of nitrogens with zero attached hydrogens (tertiary/aromatic N) is 2. The number of hydrogen-bond acceptors (Lipinski definition) is 4. The topological polar surface area (TPSA) is 70.3 Å². The van der Waals surface area contributed by atoms with Gasteiger partial charge in [0.2, 0.25) is 0 Å². The molecule has 0 aliphatic rings. The number of nitrogens with one attached hydrogen (secondary N) is 1. The Labute approximate surface area is 96.1 Å². The van der Waals surface area contributed by atoms with E-state index in [0.717, 1.165) is 25.8 Å². The second-order valence-electron chi connectivity index (χ2n) is 3.87. The summed E-state index contributed by atoms with van der Waals surface area (Å²) >= 11 is 0. The lowest BCUT2D eigenvalue weighted by atomic mass is 10.2. The fourth-order valence-electron chi connectivity index (χ4n) is 1.50. The minimum Gasteiger partial charge on any atom is -0.396 e. The predicted molar refractivity (Wildman–Crippen MR) is 62.0 cm³/mol. The number of aliphatic hydroxyl groups is 2. The number of rotatable bonds is 9. The van der Waals surface area contributed by atoms with Gasteiger partial charge < -0.3 is 15.5 Å². The van der Waals surface area contributed by atoms with E-state index in [1.54, 1.807) is 10.9 Å². The molecule has 1 aromatic rings. The molecule has 0 fully saturated rings. The van der Waals surface area contributed by atoms with Crippen molar-refractivity contribution in [2.75, 3.05) is 19.7 Å². The average Bonchev–Trinajstić information content (AvgIpc) is 2.76. The van der Waals surface area contributed by atoms with Crippen molar-refractivity contribution in [1.82, 2.24) is 15.1 Å². The van der Waals surface area contributed by atoms with Crippen molar-refractivity contribution in [3.8, 4) is 0 Å². The molecular formula is C11H21N3O2. The standard InChI is InChI=1S/C11H21N3O2/c15-8-3-1-2-5-12-9-11(16)10-14-7-4-6-13-14/h4,6-7,11-12,15-16H,1-3,5,8-10H2. The van der Waals surface area contributed by atoms with Gasteiger partial charge in [-0.05, 0) is 31.9 Å². The molecule has 1 aromatic heterocycles. The molecule has 0 saturated carbocycles. The molecule has 0 bridgehead atoms. The SMILES string of the molecule is OCCCCCNCC(O)Cn1cccn1. The Morgan fingerprint density at radius 1 is 1.31 bits per heavy atom. The van der Waals surface area contributed by atoms with E-state index in [0.29, 0.717) is 13.1 Å². The maximum Gasteiger partial charge on any atom is 0.0860 e. The minimum absolute atomic E-state index is 0.266. The maximum absolute atomic E-state index is 9.66. The first-order valence-electron chi connectivity index (χ1n) is 5.80. The Balaban J connectivity index is 1.96. The van der Waals surface area contributed by atoms with Crippen LogP contribution in [0.1, 0.15) is 19.3 Å². The fraction of sp³-hybridized carbons (Fsp3) is 0.727. The first-order chi connectivity index (χ1) is 7.83. The van der Waals surface area contributed by atoms with Gasteiger partial charge in [0.15, 0.2) is 0 Å². The van der Waals surface area contributed by atoms with Gasteiger partial charge in [-0.3, -0.25) is 4.68 Å². The Hall–Kier alpha value is -0.910. The lowest BCUT2D eigenvalue weighted by molar-refractivity contribution is 0.147. The number of aliphatic hydroxyl groups excluding tert-OH is 2. The van der Waals surface area contributed by atoms with Gasteiger partial charge in [0.25, 0.3) is 0 Å². The van der Waals surface area contributed by atoms with Crippen LogP contribution in [0.2, 0.25) is 0 Å². The first kappa shape index (κ1) is 13.2. The smallest absolute Gasteiger partial charge is 0.0860 e. The molecule has 0 radical (unpaired) electrons. The summed E-state index contributed by atoms with van der Waals surface area (Å²) in [5.74, 6) is 0. The third kappa shape index (κ3) is 5.85. The molecule has 0 aromatic carbocycles. The second kappa shape index (κ2) is 8.27. The van der Waals surface area contributed by atoms with E-state index < -0.39 is 6.10 Å². The van der Waals surface area contributed by atoms with Crippen LogP contribution in [0.5, 0.6) is 0 Å². The number of aromatic nitrogens is 2. The van der Waals surface area contributed by atoms with Crippen LogP contribution < -0.4 is 5.32 Å². The van der Waals surface area contributed by atoms with Crippen molar-refractivity contribution in [2.24, 2.45) is 0 Å². The minimum atomic E-state index is -0.405. The highest BCUT2D eigenvalue weighted by Gasteiger charge is 2.03. The summed E-state index contributed by atoms with van der Waals surface area (Å²) in [4.78, 5) is 0. The van der Waals surface area contributed by atoms with Crippen LogP contribution >= 0.6 is 0 Å². The summed E-state index contributed by atoms with van der Waals surface area (Å²) in [5, 5.41) is 25.5. The molecule has 3 N–H and O–H groups in total. The third-order valence-corrected chi connectivity index (χ3v) is 2.35. The largest absolute Gasteiger partial charge is 0.396 e. The van der Waals surface area contributed by atoms with Crippen molar-refractivity contribution in [2.45, 2.75) is 31.9 Å². The fourth-order valence-corrected chi connectivity index (χ4v) is 1.50. The number of hydrogen-bond donors (Lipinski definition) is 3. The van der Waals surface area contributed by atoms with E-state index in [2.05, 4.69) is 10.4 Å². The molecule has 0 saturated heterocycles. The lowest BCUT2D eigenvalue weighted by Crippen LogP contribution is -2.31. The van der Waals surface area contributed by atoms with Gasteiger partial charge in [-0.25, -0.2) is 0 Å². The van der Waals surface area contributed by atoms with Gasteiger partial charge >= 0.3 is 0 Å². The van der Waals surface area contributed by atoms with Crippen LogP contribution in [-0.4, -0.2) is 45.8 Å². The number of unbranched alkanes of at least 4 members (excludes halogenated alkanes) is 2. The average molecular weight is 227 g/mol. The van der Waals surface area contributed by atoms with Crippen LogP contribution in [0, 0.1) is 0 Å². The first-order valence-corrected chi connectivity index (χ1v) is 5.80. The highest BCUT2D eigenvalue weighted by atomic mass is 16.3. The molecule has 0 amide bonds. The van der Waals surface area contributed by atoms with Crippen LogP contribution in [0.25, 0.3) is 0 Å². The highest BCUT2D eigenvalue weighted by Crippen LogP contribution is 1.93. The highest BCUT2D eigenvalue weighted by molar-refractivity contribution is 4.78. The van der Waals surface area contributed by atoms with Gasteiger partial charge in [0.05, 0.1) is 12.6 Å². The van der Waals surface area contributed by atoms with Crippen LogP contribution in [0.15, 0.2) is 18.5 Å². The molecule has 0 aliphatic carbocycles. The summed E-state index contributed by atoms with van der Waals surface area (Å²) in [7, 11) is 0. The molecule has 0 aliphatic heterocycles. The van der Waals surface area contributed by atoms with Gasteiger partial charge in [0, 0.05) is 25.5 Å². The molecule has 1 unspecified atom stereocenters. The van der Waals surface area contributed by atoms with E-state index in [9.17, 15) is 5.11 Å². The molecule has 1 heterocycles. The van der Waals surface area contributed by atoms with E-state index in [-0.39, 0.29) is 6.61 Å². The van der Waals surface area contributed by atoms with Crippen LogP contribution in [0.3, 0.4) is 0 Å². The second-order valence-corrected chi connectivity index (χ2v) is 3.87. The summed E-state index contributed by atoms with van der Waals surface area (Å²) in [6.07, 6.45) is 6.06. The third-order valence-electron chi connectivity index (χ3n) is 2.35. The van der Waals surface area contributed by atoms with Crippen molar-refractivity contribution < 1.29 is 10.2 Å². The molecule has 5 nitrogen and oxygen atoms in total. The Morgan fingerprint density at radius 2 is 2.19 bits per heavy atom. The van der Waals surface area contributed by atoms with Gasteiger partial charge in [-0.1, -0.05) is 0 Å². The molecular weight excluding hydrogens is 206 g/mol. The van der Waals surface area contributed by atoms with Crippen LogP contribution in [-0.2, 0) is 6.54 Å². The summed E-state index contributed by atoms with van der Waals surface area (Å²) in [6.45, 7) is 2.26. The summed E-state index contributed by atoms with van der Waals surface area (Å²) in [5.41, 5.74) is 0. The Morgan fingerprint density at radius 3 is 2.88 bits per heavy atom. The molecule has 1 atom stereocenters. The van der Waals surface area contributed by atoms with E-state index >= 15 is 0 Å². The Bertz CT molecular complexity index is 252. The van der Waals surface area contributed by atoms with Gasteiger partial charge in [-0.15, -0.1) is 0 Å². The van der Waals surface area contributed by atoms with Crippen LogP contribution in [0.4, 0.5) is 0 Å². The zero-order chi connectivity index (χ0) is 11.6. The molecule has 92 valence electrons. The Kier molecular flexibility index (Phi) is 6.80. The van der Waals surface area contributed by atoms with E-state index in [4.69, 9.17) is 5.11 Å².